The molecule has 0 fully saturated rings. The molecule has 1 heterocycles. The average Bonchev–Trinajstić information content (AvgIpc) is 2.97. The van der Waals surface area contributed by atoms with Crippen molar-refractivity contribution in [3.63, 3.8) is 0 Å². The third-order valence-corrected chi connectivity index (χ3v) is 3.59. The summed E-state index contributed by atoms with van der Waals surface area (Å²) in [5.41, 5.74) is 3.81. The molecule has 5 heteroatoms. The van der Waals surface area contributed by atoms with Crippen LogP contribution in [0.3, 0.4) is 0 Å². The predicted molar refractivity (Wildman–Crippen MR) is 86.0 cm³/mol. The first kappa shape index (κ1) is 14.4. The molecule has 0 radical (unpaired) electrons. The minimum atomic E-state index is 0.653. The quantitative estimate of drug-likeness (QED) is 0.724. The normalized spacial score (nSPS) is 10.9. The smallest absolute Gasteiger partial charge is 0.163 e. The molecule has 0 N–H and O–H groups in total. The van der Waals surface area contributed by atoms with Crippen molar-refractivity contribution in [2.75, 3.05) is 14.2 Å². The number of methoxy groups -OCH3 is 2. The maximum absolute atomic E-state index is 5.30. The largest absolute Gasteiger partial charge is 0.493 e. The van der Waals surface area contributed by atoms with Crippen LogP contribution >= 0.6 is 0 Å². The van der Waals surface area contributed by atoms with Crippen molar-refractivity contribution in [2.24, 2.45) is 0 Å². The first-order chi connectivity index (χ1) is 10.7. The van der Waals surface area contributed by atoms with E-state index in [1.807, 2.05) is 24.3 Å². The Labute approximate surface area is 129 Å². The van der Waals surface area contributed by atoms with Crippen LogP contribution in [0.5, 0.6) is 11.5 Å². The standard InChI is InChI=1S/C17H19N3O2/c1-4-5-12-6-8-13(9-7-12)20-18-14-10-16(21-2)17(22-3)11-15(14)19-20/h6-11H,4-5H2,1-3H3. The first-order valence-corrected chi connectivity index (χ1v) is 7.33. The van der Waals surface area contributed by atoms with Crippen molar-refractivity contribution in [2.45, 2.75) is 19.8 Å². The molecule has 0 aliphatic heterocycles. The van der Waals surface area contributed by atoms with E-state index in [1.165, 1.54) is 5.56 Å². The predicted octanol–water partition coefficient (Wildman–Crippen LogP) is 3.39. The lowest BCUT2D eigenvalue weighted by Crippen LogP contribution is -1.98. The number of benzene rings is 2. The van der Waals surface area contributed by atoms with E-state index in [0.717, 1.165) is 29.6 Å². The highest BCUT2D eigenvalue weighted by Gasteiger charge is 2.11. The van der Waals surface area contributed by atoms with Gasteiger partial charge in [-0.05, 0) is 24.1 Å². The zero-order valence-corrected chi connectivity index (χ0v) is 13.0. The Kier molecular flexibility index (Phi) is 3.96. The van der Waals surface area contributed by atoms with Crippen molar-refractivity contribution in [1.82, 2.24) is 15.0 Å². The Balaban J connectivity index is 2.00. The molecule has 5 nitrogen and oxygen atoms in total. The van der Waals surface area contributed by atoms with E-state index < -0.39 is 0 Å². The molecule has 0 spiro atoms. The second-order valence-electron chi connectivity index (χ2n) is 5.10. The number of nitrogens with zero attached hydrogens (tertiary/aromatic N) is 3. The number of hydrogen-bond donors (Lipinski definition) is 0. The van der Waals surface area contributed by atoms with Crippen LogP contribution in [0.1, 0.15) is 18.9 Å². The van der Waals surface area contributed by atoms with E-state index in [9.17, 15) is 0 Å². The topological polar surface area (TPSA) is 49.2 Å². The summed E-state index contributed by atoms with van der Waals surface area (Å²) in [6.45, 7) is 2.18. The van der Waals surface area contributed by atoms with E-state index in [1.54, 1.807) is 19.0 Å². The van der Waals surface area contributed by atoms with Gasteiger partial charge in [-0.15, -0.1) is 10.2 Å². The van der Waals surface area contributed by atoms with Gasteiger partial charge in [0.1, 0.15) is 11.0 Å². The molecule has 0 saturated heterocycles. The van der Waals surface area contributed by atoms with Crippen LogP contribution in [0.4, 0.5) is 0 Å². The van der Waals surface area contributed by atoms with Gasteiger partial charge in [0.05, 0.1) is 19.9 Å². The van der Waals surface area contributed by atoms with Crippen LogP contribution in [0, 0.1) is 0 Å². The number of aromatic nitrogens is 3. The second-order valence-corrected chi connectivity index (χ2v) is 5.10. The van der Waals surface area contributed by atoms with Crippen LogP contribution in [0.2, 0.25) is 0 Å². The fourth-order valence-electron chi connectivity index (χ4n) is 2.44. The monoisotopic (exact) mass is 297 g/mol. The van der Waals surface area contributed by atoms with Crippen LogP contribution in [-0.2, 0) is 6.42 Å². The van der Waals surface area contributed by atoms with Gasteiger partial charge in [0.25, 0.3) is 0 Å². The van der Waals surface area contributed by atoms with Crippen molar-refractivity contribution in [1.29, 1.82) is 0 Å². The zero-order valence-electron chi connectivity index (χ0n) is 13.0. The second kappa shape index (κ2) is 6.05. The van der Waals surface area contributed by atoms with Gasteiger partial charge in [-0.25, -0.2) is 0 Å². The van der Waals surface area contributed by atoms with E-state index in [4.69, 9.17) is 9.47 Å². The lowest BCUT2D eigenvalue weighted by molar-refractivity contribution is 0.356. The van der Waals surface area contributed by atoms with Gasteiger partial charge < -0.3 is 9.47 Å². The van der Waals surface area contributed by atoms with Gasteiger partial charge in [-0.1, -0.05) is 25.5 Å². The van der Waals surface area contributed by atoms with Gasteiger partial charge in [-0.2, -0.15) is 4.80 Å². The highest BCUT2D eigenvalue weighted by molar-refractivity contribution is 5.78. The molecule has 0 saturated carbocycles. The minimum absolute atomic E-state index is 0.653. The summed E-state index contributed by atoms with van der Waals surface area (Å²) < 4.78 is 10.6. The van der Waals surface area contributed by atoms with Gasteiger partial charge in [0, 0.05) is 12.1 Å². The van der Waals surface area contributed by atoms with E-state index in [-0.39, 0.29) is 0 Å². The van der Waals surface area contributed by atoms with Crippen LogP contribution in [-0.4, -0.2) is 29.2 Å². The van der Waals surface area contributed by atoms with Gasteiger partial charge in [0.2, 0.25) is 0 Å². The van der Waals surface area contributed by atoms with Gasteiger partial charge in [0.15, 0.2) is 11.5 Å². The molecule has 2 aromatic carbocycles. The molecule has 0 amide bonds. The van der Waals surface area contributed by atoms with Crippen LogP contribution in [0.25, 0.3) is 16.7 Å². The highest BCUT2D eigenvalue weighted by atomic mass is 16.5. The summed E-state index contributed by atoms with van der Waals surface area (Å²) in [5, 5.41) is 9.03. The summed E-state index contributed by atoms with van der Waals surface area (Å²) in [6.07, 6.45) is 2.23. The van der Waals surface area contributed by atoms with Crippen LogP contribution < -0.4 is 9.47 Å². The molecule has 0 aliphatic rings. The Bertz CT molecular complexity index is 737. The van der Waals surface area contributed by atoms with Crippen molar-refractivity contribution in [3.8, 4) is 17.2 Å². The van der Waals surface area contributed by atoms with Gasteiger partial charge in [-0.3, -0.25) is 0 Å². The molecule has 0 bridgehead atoms. The summed E-state index contributed by atoms with van der Waals surface area (Å²) in [4.78, 5) is 1.64. The van der Waals surface area contributed by atoms with E-state index in [2.05, 4.69) is 29.3 Å². The van der Waals surface area contributed by atoms with Crippen molar-refractivity contribution in [3.05, 3.63) is 42.0 Å². The molecule has 0 unspecified atom stereocenters. The fraction of sp³-hybridized carbons (Fsp3) is 0.294. The minimum Gasteiger partial charge on any atom is -0.493 e. The lowest BCUT2D eigenvalue weighted by atomic mass is 10.1. The Morgan fingerprint density at radius 2 is 1.45 bits per heavy atom. The molecule has 114 valence electrons. The first-order valence-electron chi connectivity index (χ1n) is 7.33. The molecule has 0 atom stereocenters. The fourth-order valence-corrected chi connectivity index (χ4v) is 2.44. The summed E-state index contributed by atoms with van der Waals surface area (Å²) >= 11 is 0. The Morgan fingerprint density at radius 3 is 1.91 bits per heavy atom. The molecule has 0 aliphatic carbocycles. The van der Waals surface area contributed by atoms with E-state index in [0.29, 0.717) is 11.5 Å². The third kappa shape index (κ3) is 2.62. The molecule has 1 aromatic heterocycles. The maximum Gasteiger partial charge on any atom is 0.163 e. The zero-order chi connectivity index (χ0) is 15.5. The highest BCUT2D eigenvalue weighted by Crippen LogP contribution is 2.30. The molecule has 22 heavy (non-hydrogen) atoms. The average molecular weight is 297 g/mol. The lowest BCUT2D eigenvalue weighted by Gasteiger charge is -2.05. The van der Waals surface area contributed by atoms with Crippen molar-refractivity contribution < 1.29 is 9.47 Å². The Hall–Kier alpha value is -2.56. The summed E-state index contributed by atoms with van der Waals surface area (Å²) in [7, 11) is 3.22. The Morgan fingerprint density at radius 1 is 0.909 bits per heavy atom. The van der Waals surface area contributed by atoms with Gasteiger partial charge >= 0.3 is 0 Å². The molecular formula is C17H19N3O2. The number of hydrogen-bond acceptors (Lipinski definition) is 4. The number of rotatable bonds is 5. The number of fused-ring (bicyclic) bond motifs is 1. The van der Waals surface area contributed by atoms with Crippen LogP contribution in [0.15, 0.2) is 36.4 Å². The maximum atomic E-state index is 5.30. The number of ether oxygens (including phenoxy) is 2. The van der Waals surface area contributed by atoms with Crippen molar-refractivity contribution >= 4 is 11.0 Å². The molecule has 3 rings (SSSR count). The SMILES string of the molecule is CCCc1ccc(-n2nc3cc(OC)c(OC)cc3n2)cc1. The summed E-state index contributed by atoms with van der Waals surface area (Å²) in [5.74, 6) is 1.31. The molecular weight excluding hydrogens is 278 g/mol. The van der Waals surface area contributed by atoms with E-state index >= 15 is 0 Å². The third-order valence-electron chi connectivity index (χ3n) is 3.59. The summed E-state index contributed by atoms with van der Waals surface area (Å²) in [6, 6.07) is 12.0. The molecule has 3 aromatic rings. The number of aryl methyl sites for hydroxylation is 1.